The Labute approximate surface area is 121 Å². The van der Waals surface area contributed by atoms with Crippen molar-refractivity contribution >= 4 is 5.97 Å². The summed E-state index contributed by atoms with van der Waals surface area (Å²) in [5, 5.41) is 3.48. The van der Waals surface area contributed by atoms with Crippen molar-refractivity contribution in [2.45, 2.75) is 57.6 Å². The van der Waals surface area contributed by atoms with Gasteiger partial charge in [-0.3, -0.25) is 4.79 Å². The van der Waals surface area contributed by atoms with Crippen LogP contribution in [0.25, 0.3) is 0 Å². The Morgan fingerprint density at radius 3 is 2.50 bits per heavy atom. The number of esters is 1. The Morgan fingerprint density at radius 2 is 1.95 bits per heavy atom. The molecule has 110 valence electrons. The third-order valence-electron chi connectivity index (χ3n) is 3.57. The lowest BCUT2D eigenvalue weighted by atomic mass is 9.86. The molecule has 1 aliphatic rings. The second kappa shape index (κ2) is 6.40. The number of ether oxygens (including phenoxy) is 1. The van der Waals surface area contributed by atoms with Crippen LogP contribution in [-0.2, 0) is 9.53 Å². The van der Waals surface area contributed by atoms with E-state index in [1.54, 1.807) is 0 Å². The van der Waals surface area contributed by atoms with Gasteiger partial charge in [0.1, 0.15) is 5.60 Å². The maximum absolute atomic E-state index is 12.6. The molecule has 1 fully saturated rings. The van der Waals surface area contributed by atoms with Gasteiger partial charge in [0.25, 0.3) is 0 Å². The van der Waals surface area contributed by atoms with Crippen molar-refractivity contribution in [1.29, 1.82) is 0 Å². The van der Waals surface area contributed by atoms with Gasteiger partial charge < -0.3 is 10.1 Å². The van der Waals surface area contributed by atoms with E-state index in [-0.39, 0.29) is 17.9 Å². The van der Waals surface area contributed by atoms with E-state index in [1.165, 1.54) is 12.8 Å². The van der Waals surface area contributed by atoms with Gasteiger partial charge in [-0.25, -0.2) is 0 Å². The maximum Gasteiger partial charge on any atom is 0.315 e. The molecule has 0 saturated carbocycles. The fourth-order valence-electron chi connectivity index (χ4n) is 2.72. The zero-order valence-electron chi connectivity index (χ0n) is 12.7. The molecule has 0 amide bonds. The minimum atomic E-state index is -0.446. The monoisotopic (exact) mass is 275 g/mol. The van der Waals surface area contributed by atoms with Gasteiger partial charge in [0.15, 0.2) is 0 Å². The molecule has 20 heavy (non-hydrogen) atoms. The van der Waals surface area contributed by atoms with Crippen LogP contribution in [-0.4, -0.2) is 24.2 Å². The summed E-state index contributed by atoms with van der Waals surface area (Å²) in [4.78, 5) is 12.6. The van der Waals surface area contributed by atoms with E-state index in [4.69, 9.17) is 4.74 Å². The Kier molecular flexibility index (Phi) is 4.81. The number of nitrogens with one attached hydrogen (secondary N) is 1. The van der Waals surface area contributed by atoms with E-state index >= 15 is 0 Å². The van der Waals surface area contributed by atoms with E-state index < -0.39 is 5.60 Å². The molecular formula is C17H25NO2. The van der Waals surface area contributed by atoms with Gasteiger partial charge in [0.2, 0.25) is 0 Å². The number of piperidine rings is 1. The third-order valence-corrected chi connectivity index (χ3v) is 3.57. The highest BCUT2D eigenvalue weighted by Crippen LogP contribution is 2.28. The minimum absolute atomic E-state index is 0.122. The zero-order valence-corrected chi connectivity index (χ0v) is 12.7. The van der Waals surface area contributed by atoms with Gasteiger partial charge in [-0.15, -0.1) is 0 Å². The van der Waals surface area contributed by atoms with Crippen LogP contribution in [0.5, 0.6) is 0 Å². The lowest BCUT2D eigenvalue weighted by Crippen LogP contribution is -2.43. The Bertz CT molecular complexity index is 430. The molecular weight excluding hydrogens is 250 g/mol. The van der Waals surface area contributed by atoms with Gasteiger partial charge in [-0.1, -0.05) is 36.8 Å². The van der Waals surface area contributed by atoms with Crippen LogP contribution in [0.4, 0.5) is 0 Å². The van der Waals surface area contributed by atoms with Gasteiger partial charge in [-0.05, 0) is 45.7 Å². The molecule has 0 bridgehead atoms. The predicted molar refractivity (Wildman–Crippen MR) is 80.7 cm³/mol. The first-order chi connectivity index (χ1) is 9.47. The average Bonchev–Trinajstić information content (AvgIpc) is 2.39. The molecule has 2 rings (SSSR count). The molecule has 1 aliphatic heterocycles. The first-order valence-corrected chi connectivity index (χ1v) is 7.48. The van der Waals surface area contributed by atoms with Gasteiger partial charge in [-0.2, -0.15) is 0 Å². The van der Waals surface area contributed by atoms with E-state index in [9.17, 15) is 4.79 Å². The third kappa shape index (κ3) is 4.07. The first kappa shape index (κ1) is 15.0. The first-order valence-electron chi connectivity index (χ1n) is 7.48. The van der Waals surface area contributed by atoms with Crippen LogP contribution in [0, 0.1) is 0 Å². The SMILES string of the molecule is CC(C)(C)OC(=O)C(c1ccccc1)C1CCCCN1. The van der Waals surface area contributed by atoms with Crippen LogP contribution >= 0.6 is 0 Å². The minimum Gasteiger partial charge on any atom is -0.459 e. The second-order valence-electron chi connectivity index (χ2n) is 6.48. The smallest absolute Gasteiger partial charge is 0.315 e. The summed E-state index contributed by atoms with van der Waals surface area (Å²) in [6.45, 7) is 6.74. The average molecular weight is 275 g/mol. The summed E-state index contributed by atoms with van der Waals surface area (Å²) in [5.74, 6) is -0.334. The number of rotatable bonds is 3. The number of hydrogen-bond donors (Lipinski definition) is 1. The van der Waals surface area contributed by atoms with E-state index in [0.717, 1.165) is 18.5 Å². The molecule has 1 N–H and O–H groups in total. The quantitative estimate of drug-likeness (QED) is 0.861. The largest absolute Gasteiger partial charge is 0.459 e. The Balaban J connectivity index is 2.22. The maximum atomic E-state index is 12.6. The lowest BCUT2D eigenvalue weighted by Gasteiger charge is -2.32. The summed E-state index contributed by atoms with van der Waals surface area (Å²) in [7, 11) is 0. The number of hydrogen-bond acceptors (Lipinski definition) is 3. The fraction of sp³-hybridized carbons (Fsp3) is 0.588. The molecule has 2 atom stereocenters. The lowest BCUT2D eigenvalue weighted by molar-refractivity contribution is -0.157. The van der Waals surface area contributed by atoms with Crippen molar-refractivity contribution in [1.82, 2.24) is 5.32 Å². The number of benzene rings is 1. The van der Waals surface area contributed by atoms with Crippen molar-refractivity contribution in [2.24, 2.45) is 0 Å². The molecule has 1 heterocycles. The zero-order chi connectivity index (χ0) is 14.6. The normalized spacial score (nSPS) is 21.2. The van der Waals surface area contributed by atoms with Gasteiger partial charge in [0, 0.05) is 6.04 Å². The number of carbonyl (C=O) groups is 1. The molecule has 0 aromatic heterocycles. The molecule has 0 aliphatic carbocycles. The fourth-order valence-corrected chi connectivity index (χ4v) is 2.72. The molecule has 1 saturated heterocycles. The Hall–Kier alpha value is -1.35. The summed E-state index contributed by atoms with van der Waals surface area (Å²) in [6, 6.07) is 10.2. The van der Waals surface area contributed by atoms with E-state index in [2.05, 4.69) is 5.32 Å². The standard InChI is InChI=1S/C17H25NO2/c1-17(2,3)20-16(19)15(13-9-5-4-6-10-13)14-11-7-8-12-18-14/h4-6,9-10,14-15,18H,7-8,11-12H2,1-3H3. The van der Waals surface area contributed by atoms with Crippen LogP contribution in [0.2, 0.25) is 0 Å². The van der Waals surface area contributed by atoms with Crippen LogP contribution in [0.15, 0.2) is 30.3 Å². The van der Waals surface area contributed by atoms with E-state index in [0.29, 0.717) is 0 Å². The van der Waals surface area contributed by atoms with Crippen molar-refractivity contribution < 1.29 is 9.53 Å². The summed E-state index contributed by atoms with van der Waals surface area (Å²) in [6.07, 6.45) is 3.38. The Morgan fingerprint density at radius 1 is 1.25 bits per heavy atom. The van der Waals surface area contributed by atoms with Crippen LogP contribution in [0.3, 0.4) is 0 Å². The molecule has 3 heteroatoms. The number of carbonyl (C=O) groups excluding carboxylic acids is 1. The molecule has 1 aromatic carbocycles. The highest BCUT2D eigenvalue weighted by atomic mass is 16.6. The highest BCUT2D eigenvalue weighted by Gasteiger charge is 2.34. The molecule has 2 unspecified atom stereocenters. The van der Waals surface area contributed by atoms with Gasteiger partial charge >= 0.3 is 5.97 Å². The predicted octanol–water partition coefficient (Wildman–Crippen LogP) is 3.25. The molecule has 1 aromatic rings. The summed E-state index contributed by atoms with van der Waals surface area (Å²) in [5.41, 5.74) is 0.597. The second-order valence-corrected chi connectivity index (χ2v) is 6.48. The molecule has 0 spiro atoms. The van der Waals surface area contributed by atoms with Crippen LogP contribution < -0.4 is 5.32 Å². The summed E-state index contributed by atoms with van der Waals surface area (Å²) >= 11 is 0. The molecule has 0 radical (unpaired) electrons. The van der Waals surface area contributed by atoms with Crippen molar-refractivity contribution in [2.75, 3.05) is 6.54 Å². The highest BCUT2D eigenvalue weighted by molar-refractivity contribution is 5.79. The van der Waals surface area contributed by atoms with Crippen molar-refractivity contribution in [3.63, 3.8) is 0 Å². The van der Waals surface area contributed by atoms with E-state index in [1.807, 2.05) is 51.1 Å². The van der Waals surface area contributed by atoms with Crippen molar-refractivity contribution in [3.8, 4) is 0 Å². The molecule has 3 nitrogen and oxygen atoms in total. The van der Waals surface area contributed by atoms with Crippen LogP contribution in [0.1, 0.15) is 51.5 Å². The van der Waals surface area contributed by atoms with Gasteiger partial charge in [0.05, 0.1) is 5.92 Å². The topological polar surface area (TPSA) is 38.3 Å². The van der Waals surface area contributed by atoms with Crippen molar-refractivity contribution in [3.05, 3.63) is 35.9 Å². The summed E-state index contributed by atoms with van der Waals surface area (Å²) < 4.78 is 5.63.